The Morgan fingerprint density at radius 3 is 2.55 bits per heavy atom. The van der Waals surface area contributed by atoms with E-state index in [0.29, 0.717) is 6.54 Å². The van der Waals surface area contributed by atoms with E-state index in [2.05, 4.69) is 59.8 Å². The molecule has 4 heteroatoms. The van der Waals surface area contributed by atoms with Crippen LogP contribution >= 0.6 is 11.3 Å². The zero-order chi connectivity index (χ0) is 19.8. The summed E-state index contributed by atoms with van der Waals surface area (Å²) >= 11 is 1.56. The monoisotopic (exact) mass is 400 g/mol. The minimum Gasteiger partial charge on any atom is -0.294 e. The van der Waals surface area contributed by atoms with E-state index >= 15 is 0 Å². The third-order valence-electron chi connectivity index (χ3n) is 6.00. The summed E-state index contributed by atoms with van der Waals surface area (Å²) in [4.78, 5) is 18.7. The maximum atomic E-state index is 13.3. The summed E-state index contributed by atoms with van der Waals surface area (Å²) in [5, 5.41) is 2.84. The van der Waals surface area contributed by atoms with Gasteiger partial charge in [0, 0.05) is 10.9 Å². The van der Waals surface area contributed by atoms with Crippen LogP contribution in [0, 0.1) is 0 Å². The summed E-state index contributed by atoms with van der Waals surface area (Å²) in [5.41, 5.74) is 7.54. The molecule has 2 heterocycles. The number of hydrogen-bond donors (Lipinski definition) is 0. The normalized spacial score (nSPS) is 13.6. The van der Waals surface area contributed by atoms with E-state index in [1.165, 1.54) is 36.0 Å². The Balaban J connectivity index is 1.56. The lowest BCUT2D eigenvalue weighted by molar-refractivity contribution is 0.686. The van der Waals surface area contributed by atoms with Gasteiger partial charge in [0.05, 0.1) is 18.3 Å². The predicted octanol–water partition coefficient (Wildman–Crippen LogP) is 5.61. The van der Waals surface area contributed by atoms with E-state index in [0.717, 1.165) is 39.7 Å². The van der Waals surface area contributed by atoms with Crippen molar-refractivity contribution in [2.45, 2.75) is 45.6 Å². The van der Waals surface area contributed by atoms with E-state index in [-0.39, 0.29) is 5.56 Å². The Bertz CT molecular complexity index is 1230. The van der Waals surface area contributed by atoms with Crippen LogP contribution in [-0.4, -0.2) is 9.55 Å². The molecule has 0 aliphatic heterocycles. The highest BCUT2D eigenvalue weighted by atomic mass is 32.1. The average molecular weight is 401 g/mol. The van der Waals surface area contributed by atoms with Gasteiger partial charge in [-0.15, -0.1) is 11.3 Å². The predicted molar refractivity (Wildman–Crippen MR) is 121 cm³/mol. The zero-order valence-electron chi connectivity index (χ0n) is 16.6. The standard InChI is InChI=1S/C25H24N2OS/c1-2-17-7-9-18(10-8-17)14-27-16-26-24-23(25(27)28)22(15-29-24)21-12-11-19-5-3-4-6-20(19)13-21/h7-13,15-16H,2-6,14H2,1H3. The fraction of sp³-hybridized carbons (Fsp3) is 0.280. The molecule has 0 saturated carbocycles. The second-order valence-corrected chi connectivity index (χ2v) is 8.73. The Morgan fingerprint density at radius 1 is 1.00 bits per heavy atom. The van der Waals surface area contributed by atoms with Gasteiger partial charge in [-0.3, -0.25) is 9.36 Å². The van der Waals surface area contributed by atoms with Crippen LogP contribution in [0.5, 0.6) is 0 Å². The SMILES string of the molecule is CCc1ccc(Cn2cnc3scc(-c4ccc5c(c4)CCCC5)c3c2=O)cc1. The molecule has 1 aliphatic carbocycles. The first-order chi connectivity index (χ1) is 14.2. The molecule has 4 aromatic rings. The van der Waals surface area contributed by atoms with Crippen molar-refractivity contribution in [3.8, 4) is 11.1 Å². The van der Waals surface area contributed by atoms with Crippen molar-refractivity contribution in [1.82, 2.24) is 9.55 Å². The Kier molecular flexibility index (Phi) is 4.80. The van der Waals surface area contributed by atoms with Crippen LogP contribution in [0.3, 0.4) is 0 Å². The van der Waals surface area contributed by atoms with Crippen molar-refractivity contribution in [1.29, 1.82) is 0 Å². The largest absolute Gasteiger partial charge is 0.294 e. The van der Waals surface area contributed by atoms with E-state index < -0.39 is 0 Å². The van der Waals surface area contributed by atoms with Crippen molar-refractivity contribution < 1.29 is 0 Å². The second-order valence-electron chi connectivity index (χ2n) is 7.87. The van der Waals surface area contributed by atoms with Gasteiger partial charge in [0.1, 0.15) is 4.83 Å². The van der Waals surface area contributed by atoms with Crippen molar-refractivity contribution >= 4 is 21.6 Å². The number of aryl methyl sites for hydroxylation is 3. The minimum atomic E-state index is 0.0449. The van der Waals surface area contributed by atoms with E-state index in [4.69, 9.17) is 0 Å². The fourth-order valence-electron chi connectivity index (χ4n) is 4.27. The highest BCUT2D eigenvalue weighted by Crippen LogP contribution is 2.33. The van der Waals surface area contributed by atoms with Crippen LogP contribution in [-0.2, 0) is 25.8 Å². The zero-order valence-corrected chi connectivity index (χ0v) is 17.5. The van der Waals surface area contributed by atoms with Crippen LogP contribution in [0.25, 0.3) is 21.3 Å². The van der Waals surface area contributed by atoms with Crippen molar-refractivity contribution in [2.24, 2.45) is 0 Å². The van der Waals surface area contributed by atoms with Crippen LogP contribution in [0.1, 0.15) is 42.0 Å². The number of nitrogens with zero attached hydrogens (tertiary/aromatic N) is 2. The topological polar surface area (TPSA) is 34.9 Å². The van der Waals surface area contributed by atoms with Gasteiger partial charge in [0.25, 0.3) is 5.56 Å². The molecule has 0 spiro atoms. The Morgan fingerprint density at radius 2 is 1.76 bits per heavy atom. The molecule has 146 valence electrons. The lowest BCUT2D eigenvalue weighted by atomic mass is 9.89. The average Bonchev–Trinajstić information content (AvgIpc) is 3.21. The smallest absolute Gasteiger partial charge is 0.263 e. The lowest BCUT2D eigenvalue weighted by Crippen LogP contribution is -2.21. The van der Waals surface area contributed by atoms with E-state index in [1.807, 2.05) is 0 Å². The molecule has 0 saturated heterocycles. The maximum absolute atomic E-state index is 13.3. The summed E-state index contributed by atoms with van der Waals surface area (Å²) in [6.45, 7) is 2.70. The quantitative estimate of drug-likeness (QED) is 0.446. The molecule has 3 nitrogen and oxygen atoms in total. The van der Waals surface area contributed by atoms with Crippen molar-refractivity contribution in [3.63, 3.8) is 0 Å². The molecular formula is C25H24N2OS. The van der Waals surface area contributed by atoms with Gasteiger partial charge in [-0.2, -0.15) is 0 Å². The molecule has 0 amide bonds. The number of fused-ring (bicyclic) bond motifs is 2. The molecule has 29 heavy (non-hydrogen) atoms. The Labute approximate surface area is 174 Å². The molecule has 0 N–H and O–H groups in total. The molecule has 5 rings (SSSR count). The van der Waals surface area contributed by atoms with Crippen LogP contribution in [0.4, 0.5) is 0 Å². The van der Waals surface area contributed by atoms with Crippen LogP contribution in [0.2, 0.25) is 0 Å². The van der Waals surface area contributed by atoms with Gasteiger partial charge >= 0.3 is 0 Å². The molecule has 0 atom stereocenters. The number of rotatable bonds is 4. The molecule has 1 aliphatic rings. The summed E-state index contributed by atoms with van der Waals surface area (Å²) in [5.74, 6) is 0. The second kappa shape index (κ2) is 7.60. The summed E-state index contributed by atoms with van der Waals surface area (Å²) in [6, 6.07) is 15.2. The first-order valence-corrected chi connectivity index (χ1v) is 11.3. The van der Waals surface area contributed by atoms with E-state index in [9.17, 15) is 4.79 Å². The maximum Gasteiger partial charge on any atom is 0.263 e. The highest BCUT2D eigenvalue weighted by Gasteiger charge is 2.16. The molecular weight excluding hydrogens is 376 g/mol. The first-order valence-electron chi connectivity index (χ1n) is 10.4. The van der Waals surface area contributed by atoms with Gasteiger partial charge in [0.2, 0.25) is 0 Å². The number of aromatic nitrogens is 2. The third kappa shape index (κ3) is 3.42. The molecule has 0 bridgehead atoms. The number of thiophene rings is 1. The summed E-state index contributed by atoms with van der Waals surface area (Å²) < 4.78 is 1.73. The van der Waals surface area contributed by atoms with Gasteiger partial charge in [-0.25, -0.2) is 4.98 Å². The number of hydrogen-bond acceptors (Lipinski definition) is 3. The number of benzene rings is 2. The van der Waals surface area contributed by atoms with Crippen molar-refractivity contribution in [2.75, 3.05) is 0 Å². The molecule has 2 aromatic heterocycles. The van der Waals surface area contributed by atoms with E-state index in [1.54, 1.807) is 22.2 Å². The fourth-order valence-corrected chi connectivity index (χ4v) is 5.18. The van der Waals surface area contributed by atoms with Gasteiger partial charge < -0.3 is 0 Å². The Hall–Kier alpha value is -2.72. The summed E-state index contributed by atoms with van der Waals surface area (Å²) in [6.07, 6.45) is 7.55. The van der Waals surface area contributed by atoms with Gasteiger partial charge in [0.15, 0.2) is 0 Å². The highest BCUT2D eigenvalue weighted by molar-refractivity contribution is 7.17. The molecule has 0 unspecified atom stereocenters. The van der Waals surface area contributed by atoms with Crippen LogP contribution in [0.15, 0.2) is 59.0 Å². The van der Waals surface area contributed by atoms with Crippen LogP contribution < -0.4 is 5.56 Å². The van der Waals surface area contributed by atoms with Gasteiger partial charge in [-0.1, -0.05) is 49.4 Å². The minimum absolute atomic E-state index is 0.0449. The summed E-state index contributed by atoms with van der Waals surface area (Å²) in [7, 11) is 0. The van der Waals surface area contributed by atoms with Crippen molar-refractivity contribution in [3.05, 3.63) is 86.8 Å². The molecule has 0 fully saturated rings. The molecule has 2 aromatic carbocycles. The van der Waals surface area contributed by atoms with Gasteiger partial charge in [-0.05, 0) is 59.9 Å². The lowest BCUT2D eigenvalue weighted by Gasteiger charge is -2.16. The molecule has 0 radical (unpaired) electrons. The third-order valence-corrected chi connectivity index (χ3v) is 6.89. The first kappa shape index (κ1) is 18.3.